The molecule has 3 rings (SSSR count). The molecule has 0 aliphatic carbocycles. The smallest absolute Gasteiger partial charge is 0.169 e. The van der Waals surface area contributed by atoms with Gasteiger partial charge in [-0.05, 0) is 30.5 Å². The van der Waals surface area contributed by atoms with Gasteiger partial charge in [-0.3, -0.25) is 0 Å². The summed E-state index contributed by atoms with van der Waals surface area (Å²) in [6.07, 6.45) is -4.49. The van der Waals surface area contributed by atoms with E-state index in [9.17, 15) is 13.2 Å². The third-order valence-electron chi connectivity index (χ3n) is 4.57. The van der Waals surface area contributed by atoms with Crippen molar-refractivity contribution in [2.75, 3.05) is 0 Å². The maximum Gasteiger partial charge on any atom is 0.406 e. The summed E-state index contributed by atoms with van der Waals surface area (Å²) in [4.78, 5) is 0. The Bertz CT molecular complexity index is 848. The van der Waals surface area contributed by atoms with Crippen molar-refractivity contribution in [3.05, 3.63) is 107 Å². The second kappa shape index (κ2) is 6.40. The zero-order chi connectivity index (χ0) is 18.1. The van der Waals surface area contributed by atoms with Gasteiger partial charge in [-0.2, -0.15) is 13.2 Å². The Labute approximate surface area is 146 Å². The molecule has 128 valence electrons. The molecule has 0 bridgehead atoms. The van der Waals surface area contributed by atoms with Crippen molar-refractivity contribution in [1.82, 2.24) is 0 Å². The van der Waals surface area contributed by atoms with Crippen LogP contribution in [0.5, 0.6) is 0 Å². The van der Waals surface area contributed by atoms with Crippen molar-refractivity contribution >= 4 is 0 Å². The fraction of sp³-hybridized carbons (Fsp3) is 0.182. The van der Waals surface area contributed by atoms with Crippen molar-refractivity contribution in [3.8, 4) is 0 Å². The third-order valence-corrected chi connectivity index (χ3v) is 4.57. The minimum absolute atomic E-state index is 0.219. The van der Waals surface area contributed by atoms with Gasteiger partial charge in [-0.1, -0.05) is 90.0 Å². The van der Waals surface area contributed by atoms with Gasteiger partial charge < -0.3 is 0 Å². The number of aryl methyl sites for hydroxylation is 2. The molecule has 0 spiro atoms. The summed E-state index contributed by atoms with van der Waals surface area (Å²) in [7, 11) is 0. The quantitative estimate of drug-likeness (QED) is 0.498. The summed E-state index contributed by atoms with van der Waals surface area (Å²) in [5.74, 6) is 0. The highest BCUT2D eigenvalue weighted by atomic mass is 19.4. The first-order chi connectivity index (χ1) is 11.9. The molecule has 3 heteroatoms. The Morgan fingerprint density at radius 1 is 0.560 bits per heavy atom. The zero-order valence-corrected chi connectivity index (χ0v) is 14.1. The SMILES string of the molecule is Cc1ccc(C(c2ccccc2)(c2cccc(C)c2)C(F)(F)F)cc1. The first-order valence-corrected chi connectivity index (χ1v) is 8.12. The van der Waals surface area contributed by atoms with Crippen LogP contribution in [0.2, 0.25) is 0 Å². The highest BCUT2D eigenvalue weighted by Crippen LogP contribution is 2.51. The molecule has 0 nitrogen and oxygen atoms in total. The molecule has 0 aliphatic rings. The first kappa shape index (κ1) is 17.3. The van der Waals surface area contributed by atoms with E-state index in [1.807, 2.05) is 19.9 Å². The lowest BCUT2D eigenvalue weighted by atomic mass is 9.68. The number of halogens is 3. The molecule has 0 radical (unpaired) electrons. The van der Waals surface area contributed by atoms with Gasteiger partial charge in [0, 0.05) is 0 Å². The molecule has 0 aliphatic heterocycles. The van der Waals surface area contributed by atoms with E-state index in [1.165, 1.54) is 0 Å². The molecule has 0 heterocycles. The summed E-state index contributed by atoms with van der Waals surface area (Å²) in [5, 5.41) is 0. The number of hydrogen-bond acceptors (Lipinski definition) is 0. The van der Waals surface area contributed by atoms with Gasteiger partial charge in [0.1, 0.15) is 5.41 Å². The van der Waals surface area contributed by atoms with Crippen molar-refractivity contribution in [2.24, 2.45) is 0 Å². The van der Waals surface area contributed by atoms with E-state index in [0.29, 0.717) is 0 Å². The van der Waals surface area contributed by atoms with Crippen LogP contribution in [-0.4, -0.2) is 6.18 Å². The molecular formula is C22H19F3. The second-order valence-corrected chi connectivity index (χ2v) is 6.35. The summed E-state index contributed by atoms with van der Waals surface area (Å²) in [6.45, 7) is 3.68. The average molecular weight is 340 g/mol. The molecule has 25 heavy (non-hydrogen) atoms. The third kappa shape index (κ3) is 2.95. The molecule has 0 fully saturated rings. The molecule has 1 unspecified atom stereocenters. The predicted octanol–water partition coefficient (Wildman–Crippen LogP) is 6.20. The fourth-order valence-corrected chi connectivity index (χ4v) is 3.36. The summed E-state index contributed by atoms with van der Waals surface area (Å²) < 4.78 is 44.0. The Balaban J connectivity index is 2.42. The first-order valence-electron chi connectivity index (χ1n) is 8.12. The van der Waals surface area contributed by atoms with Crippen molar-refractivity contribution in [2.45, 2.75) is 25.4 Å². The maximum atomic E-state index is 14.7. The van der Waals surface area contributed by atoms with Crippen molar-refractivity contribution < 1.29 is 13.2 Å². The number of benzene rings is 3. The van der Waals surface area contributed by atoms with Crippen LogP contribution < -0.4 is 0 Å². The Morgan fingerprint density at radius 2 is 1.12 bits per heavy atom. The Morgan fingerprint density at radius 3 is 1.68 bits per heavy atom. The summed E-state index contributed by atoms with van der Waals surface area (Å²) in [6, 6.07) is 21.4. The van der Waals surface area contributed by atoms with E-state index in [2.05, 4.69) is 0 Å². The number of rotatable bonds is 3. The molecule has 0 N–H and O–H groups in total. The minimum atomic E-state index is -4.49. The van der Waals surface area contributed by atoms with Gasteiger partial charge in [0.05, 0.1) is 0 Å². The molecule has 0 aromatic heterocycles. The van der Waals surface area contributed by atoms with E-state index in [4.69, 9.17) is 0 Å². The van der Waals surface area contributed by atoms with Gasteiger partial charge in [0.2, 0.25) is 0 Å². The van der Waals surface area contributed by atoms with Crippen LogP contribution in [0.25, 0.3) is 0 Å². The Kier molecular flexibility index (Phi) is 4.42. The van der Waals surface area contributed by atoms with Crippen LogP contribution in [0, 0.1) is 13.8 Å². The van der Waals surface area contributed by atoms with Crippen LogP contribution in [0.4, 0.5) is 13.2 Å². The predicted molar refractivity (Wildman–Crippen MR) is 94.7 cm³/mol. The molecule has 0 saturated heterocycles. The lowest BCUT2D eigenvalue weighted by Gasteiger charge is -2.37. The van der Waals surface area contributed by atoms with E-state index in [0.717, 1.165) is 11.1 Å². The van der Waals surface area contributed by atoms with Crippen molar-refractivity contribution in [3.63, 3.8) is 0 Å². The average Bonchev–Trinajstić information content (AvgIpc) is 2.57. The van der Waals surface area contributed by atoms with E-state index < -0.39 is 11.6 Å². The van der Waals surface area contributed by atoms with Gasteiger partial charge in [0.25, 0.3) is 0 Å². The standard InChI is InChI=1S/C22H19F3/c1-16-11-13-19(14-12-16)21(22(23,24)25,18-8-4-3-5-9-18)20-10-6-7-17(2)15-20/h3-15H,1-2H3. The van der Waals surface area contributed by atoms with Crippen molar-refractivity contribution in [1.29, 1.82) is 0 Å². The lowest BCUT2D eigenvalue weighted by Crippen LogP contribution is -2.44. The normalized spacial score (nSPS) is 14.1. The van der Waals surface area contributed by atoms with E-state index in [-0.39, 0.29) is 16.7 Å². The molecule has 0 saturated carbocycles. The van der Waals surface area contributed by atoms with E-state index in [1.54, 1.807) is 72.8 Å². The molecule has 0 amide bonds. The highest BCUT2D eigenvalue weighted by Gasteiger charge is 2.58. The maximum absolute atomic E-state index is 14.7. The number of alkyl halides is 3. The van der Waals surface area contributed by atoms with Crippen LogP contribution in [0.15, 0.2) is 78.9 Å². The summed E-state index contributed by atoms with van der Waals surface area (Å²) >= 11 is 0. The second-order valence-electron chi connectivity index (χ2n) is 6.35. The monoisotopic (exact) mass is 340 g/mol. The molecule has 3 aromatic carbocycles. The van der Waals surface area contributed by atoms with Gasteiger partial charge in [-0.25, -0.2) is 0 Å². The summed E-state index contributed by atoms with van der Waals surface area (Å²) in [5.41, 5.74) is 0.203. The van der Waals surface area contributed by atoms with Crippen LogP contribution in [-0.2, 0) is 5.41 Å². The molecule has 3 aromatic rings. The fourth-order valence-electron chi connectivity index (χ4n) is 3.36. The topological polar surface area (TPSA) is 0 Å². The van der Waals surface area contributed by atoms with E-state index >= 15 is 0 Å². The van der Waals surface area contributed by atoms with Gasteiger partial charge >= 0.3 is 6.18 Å². The minimum Gasteiger partial charge on any atom is -0.169 e. The highest BCUT2D eigenvalue weighted by molar-refractivity contribution is 5.53. The zero-order valence-electron chi connectivity index (χ0n) is 14.1. The van der Waals surface area contributed by atoms with Crippen LogP contribution in [0.3, 0.4) is 0 Å². The Hall–Kier alpha value is -2.55. The number of hydrogen-bond donors (Lipinski definition) is 0. The molecular weight excluding hydrogens is 321 g/mol. The van der Waals surface area contributed by atoms with Gasteiger partial charge in [-0.15, -0.1) is 0 Å². The molecule has 1 atom stereocenters. The van der Waals surface area contributed by atoms with Gasteiger partial charge in [0.15, 0.2) is 0 Å². The largest absolute Gasteiger partial charge is 0.406 e. The van der Waals surface area contributed by atoms with Crippen LogP contribution in [0.1, 0.15) is 27.8 Å². The lowest BCUT2D eigenvalue weighted by molar-refractivity contribution is -0.166. The van der Waals surface area contributed by atoms with Crippen LogP contribution >= 0.6 is 0 Å².